The topological polar surface area (TPSA) is 37.8 Å². The van der Waals surface area contributed by atoms with Gasteiger partial charge in [-0.05, 0) is 31.2 Å². The van der Waals surface area contributed by atoms with E-state index in [1.165, 1.54) is 0 Å². The maximum absolute atomic E-state index is 5.89. The van der Waals surface area contributed by atoms with Crippen molar-refractivity contribution in [2.45, 2.75) is 6.92 Å². The van der Waals surface area contributed by atoms with Gasteiger partial charge >= 0.3 is 0 Å². The van der Waals surface area contributed by atoms with Gasteiger partial charge in [0.25, 0.3) is 0 Å². The molecule has 3 rings (SSSR count). The number of pyridine rings is 2. The molecule has 0 aliphatic heterocycles. The van der Waals surface area contributed by atoms with E-state index in [0.29, 0.717) is 11.0 Å². The molecular weight excluding hydrogens is 258 g/mol. The Bertz CT molecular complexity index is 740. The molecule has 1 N–H and O–H groups in total. The van der Waals surface area contributed by atoms with Crippen LogP contribution in [0, 0.1) is 6.92 Å². The van der Waals surface area contributed by atoms with Gasteiger partial charge in [-0.25, -0.2) is 4.98 Å². The number of anilines is 2. The molecule has 94 valence electrons. The molecule has 0 atom stereocenters. The lowest BCUT2D eigenvalue weighted by Gasteiger charge is -2.09. The van der Waals surface area contributed by atoms with E-state index in [-0.39, 0.29) is 0 Å². The quantitative estimate of drug-likeness (QED) is 0.704. The number of aromatic nitrogens is 2. The number of halogens is 1. The van der Waals surface area contributed by atoms with Gasteiger partial charge in [0.05, 0.1) is 11.2 Å². The van der Waals surface area contributed by atoms with Crippen LogP contribution in [0.5, 0.6) is 0 Å². The normalized spacial score (nSPS) is 10.6. The van der Waals surface area contributed by atoms with Crippen molar-refractivity contribution in [3.63, 3.8) is 0 Å². The van der Waals surface area contributed by atoms with Crippen molar-refractivity contribution in [2.75, 3.05) is 5.32 Å². The van der Waals surface area contributed by atoms with Gasteiger partial charge in [0.15, 0.2) is 0 Å². The van der Waals surface area contributed by atoms with Crippen molar-refractivity contribution in [1.29, 1.82) is 0 Å². The van der Waals surface area contributed by atoms with Crippen LogP contribution >= 0.6 is 11.6 Å². The molecule has 0 saturated carbocycles. The number of nitrogens with one attached hydrogen (secondary N) is 1. The Morgan fingerprint density at radius 2 is 1.79 bits per heavy atom. The molecule has 3 nitrogen and oxygen atoms in total. The number of benzene rings is 1. The average molecular weight is 270 g/mol. The SMILES string of the molecule is Cc1ccc2cccc(Nc3cccc(Cl)n3)c2n1. The predicted octanol–water partition coefficient (Wildman–Crippen LogP) is 4.34. The fraction of sp³-hybridized carbons (Fsp3) is 0.0667. The number of fused-ring (bicyclic) bond motifs is 1. The van der Waals surface area contributed by atoms with E-state index >= 15 is 0 Å². The number of aryl methyl sites for hydroxylation is 1. The van der Waals surface area contributed by atoms with Crippen LogP contribution < -0.4 is 5.32 Å². The van der Waals surface area contributed by atoms with E-state index in [2.05, 4.69) is 21.4 Å². The molecule has 3 aromatic rings. The van der Waals surface area contributed by atoms with Gasteiger partial charge in [-0.3, -0.25) is 4.98 Å². The van der Waals surface area contributed by atoms with Gasteiger partial charge in [-0.2, -0.15) is 0 Å². The van der Waals surface area contributed by atoms with Gasteiger partial charge in [-0.15, -0.1) is 0 Å². The summed E-state index contributed by atoms with van der Waals surface area (Å²) in [4.78, 5) is 8.80. The van der Waals surface area contributed by atoms with Crippen LogP contribution in [0.15, 0.2) is 48.5 Å². The first-order valence-corrected chi connectivity index (χ1v) is 6.36. The summed E-state index contributed by atoms with van der Waals surface area (Å²) in [6.07, 6.45) is 0. The smallest absolute Gasteiger partial charge is 0.132 e. The van der Waals surface area contributed by atoms with Crippen molar-refractivity contribution >= 4 is 34.0 Å². The van der Waals surface area contributed by atoms with E-state index in [9.17, 15) is 0 Å². The molecule has 0 fully saturated rings. The van der Waals surface area contributed by atoms with Crippen LogP contribution in [0.25, 0.3) is 10.9 Å². The molecule has 0 aliphatic carbocycles. The molecular formula is C15H12ClN3. The molecule has 2 heterocycles. The molecule has 0 bridgehead atoms. The highest BCUT2D eigenvalue weighted by atomic mass is 35.5. The second-order valence-corrected chi connectivity index (χ2v) is 4.69. The third-order valence-corrected chi connectivity index (χ3v) is 3.05. The zero-order chi connectivity index (χ0) is 13.2. The van der Waals surface area contributed by atoms with Crippen LogP contribution in [-0.4, -0.2) is 9.97 Å². The molecule has 19 heavy (non-hydrogen) atoms. The Morgan fingerprint density at radius 1 is 0.947 bits per heavy atom. The Kier molecular flexibility index (Phi) is 3.05. The number of para-hydroxylation sites is 1. The minimum absolute atomic E-state index is 0.467. The first-order valence-electron chi connectivity index (χ1n) is 5.98. The Labute approximate surface area is 116 Å². The summed E-state index contributed by atoms with van der Waals surface area (Å²) >= 11 is 5.89. The molecule has 0 unspecified atom stereocenters. The minimum atomic E-state index is 0.467. The minimum Gasteiger partial charge on any atom is -0.338 e. The summed E-state index contributed by atoms with van der Waals surface area (Å²) in [7, 11) is 0. The molecule has 0 radical (unpaired) electrons. The first kappa shape index (κ1) is 11.9. The van der Waals surface area contributed by atoms with Crippen molar-refractivity contribution in [1.82, 2.24) is 9.97 Å². The maximum atomic E-state index is 5.89. The molecule has 0 saturated heterocycles. The third-order valence-electron chi connectivity index (χ3n) is 2.84. The largest absolute Gasteiger partial charge is 0.338 e. The van der Waals surface area contributed by atoms with Gasteiger partial charge in [0.2, 0.25) is 0 Å². The lowest BCUT2D eigenvalue weighted by Crippen LogP contribution is -1.96. The Morgan fingerprint density at radius 3 is 2.63 bits per heavy atom. The van der Waals surface area contributed by atoms with E-state index < -0.39 is 0 Å². The standard InChI is InChI=1S/C15H12ClN3/c1-10-8-9-11-4-2-5-12(15(11)17-10)18-14-7-3-6-13(16)19-14/h2-9H,1H3,(H,18,19). The molecule has 1 aromatic carbocycles. The van der Waals surface area contributed by atoms with Crippen LogP contribution in [-0.2, 0) is 0 Å². The highest BCUT2D eigenvalue weighted by Crippen LogP contribution is 2.24. The number of nitrogens with zero attached hydrogens (tertiary/aromatic N) is 2. The van der Waals surface area contributed by atoms with Crippen molar-refractivity contribution < 1.29 is 0 Å². The Balaban J connectivity index is 2.07. The summed E-state index contributed by atoms with van der Waals surface area (Å²) in [5.74, 6) is 0.711. The van der Waals surface area contributed by atoms with Gasteiger partial charge in [-0.1, -0.05) is 35.9 Å². The third kappa shape index (κ3) is 2.51. The number of hydrogen-bond donors (Lipinski definition) is 1. The average Bonchev–Trinajstić information content (AvgIpc) is 2.39. The second kappa shape index (κ2) is 4.86. The van der Waals surface area contributed by atoms with Crippen LogP contribution in [0.1, 0.15) is 5.69 Å². The van der Waals surface area contributed by atoms with Crippen LogP contribution in [0.2, 0.25) is 5.15 Å². The van der Waals surface area contributed by atoms with E-state index in [0.717, 1.165) is 22.3 Å². The van der Waals surface area contributed by atoms with Gasteiger partial charge < -0.3 is 5.32 Å². The number of hydrogen-bond acceptors (Lipinski definition) is 3. The predicted molar refractivity (Wildman–Crippen MR) is 79.0 cm³/mol. The summed E-state index contributed by atoms with van der Waals surface area (Å²) in [6.45, 7) is 1.98. The van der Waals surface area contributed by atoms with Crippen molar-refractivity contribution in [3.8, 4) is 0 Å². The highest BCUT2D eigenvalue weighted by molar-refractivity contribution is 6.29. The maximum Gasteiger partial charge on any atom is 0.132 e. The second-order valence-electron chi connectivity index (χ2n) is 4.30. The molecule has 0 spiro atoms. The zero-order valence-electron chi connectivity index (χ0n) is 10.4. The Hall–Kier alpha value is -2.13. The summed E-state index contributed by atoms with van der Waals surface area (Å²) in [5.41, 5.74) is 2.85. The molecule has 2 aromatic heterocycles. The summed E-state index contributed by atoms with van der Waals surface area (Å²) in [5, 5.41) is 4.82. The van der Waals surface area contributed by atoms with Crippen molar-refractivity contribution in [3.05, 3.63) is 59.4 Å². The van der Waals surface area contributed by atoms with Gasteiger partial charge in [0, 0.05) is 11.1 Å². The first-order chi connectivity index (χ1) is 9.22. The lowest BCUT2D eigenvalue weighted by molar-refractivity contribution is 1.25. The number of rotatable bonds is 2. The fourth-order valence-electron chi connectivity index (χ4n) is 1.96. The zero-order valence-corrected chi connectivity index (χ0v) is 11.1. The fourth-order valence-corrected chi connectivity index (χ4v) is 2.13. The van der Waals surface area contributed by atoms with Crippen molar-refractivity contribution in [2.24, 2.45) is 0 Å². The molecule has 4 heteroatoms. The molecule has 0 aliphatic rings. The van der Waals surface area contributed by atoms with E-state index in [4.69, 9.17) is 11.6 Å². The highest BCUT2D eigenvalue weighted by Gasteiger charge is 2.04. The van der Waals surface area contributed by atoms with E-state index in [1.807, 2.05) is 43.3 Å². The monoisotopic (exact) mass is 269 g/mol. The van der Waals surface area contributed by atoms with Crippen LogP contribution in [0.3, 0.4) is 0 Å². The van der Waals surface area contributed by atoms with Crippen LogP contribution in [0.4, 0.5) is 11.5 Å². The summed E-state index contributed by atoms with van der Waals surface area (Å²) < 4.78 is 0. The summed E-state index contributed by atoms with van der Waals surface area (Å²) in [6, 6.07) is 15.6. The van der Waals surface area contributed by atoms with E-state index in [1.54, 1.807) is 6.07 Å². The lowest BCUT2D eigenvalue weighted by atomic mass is 10.1. The molecule has 0 amide bonds. The van der Waals surface area contributed by atoms with Gasteiger partial charge in [0.1, 0.15) is 11.0 Å².